The van der Waals surface area contributed by atoms with Crippen molar-refractivity contribution in [2.75, 3.05) is 38.7 Å². The summed E-state index contributed by atoms with van der Waals surface area (Å²) in [6, 6.07) is 3.68. The fourth-order valence-electron chi connectivity index (χ4n) is 6.11. The molecule has 3 saturated heterocycles. The molecule has 3 aliphatic heterocycles. The number of likely N-dealkylation sites (tertiary alicyclic amines) is 2. The fourth-order valence-corrected chi connectivity index (χ4v) is 6.89. The van der Waals surface area contributed by atoms with Crippen molar-refractivity contribution in [3.05, 3.63) is 36.4 Å². The van der Waals surface area contributed by atoms with Gasteiger partial charge in [-0.25, -0.2) is 19.9 Å². The van der Waals surface area contributed by atoms with Crippen LogP contribution in [0.1, 0.15) is 37.7 Å². The summed E-state index contributed by atoms with van der Waals surface area (Å²) in [4.78, 5) is 28.5. The highest BCUT2D eigenvalue weighted by atomic mass is 32.1. The molecule has 0 unspecified atom stereocenters. The lowest BCUT2D eigenvalue weighted by Crippen LogP contribution is -2.46. The molecule has 2 bridgehead atoms. The zero-order valence-electron chi connectivity index (χ0n) is 21.0. The molecule has 6 heterocycles. The van der Waals surface area contributed by atoms with E-state index in [1.165, 1.54) is 17.8 Å². The maximum atomic E-state index is 6.14. The quantitative estimate of drug-likeness (QED) is 0.499. The molecule has 11 heteroatoms. The molecule has 3 aromatic heterocycles. The van der Waals surface area contributed by atoms with Crippen LogP contribution in [0.25, 0.3) is 10.6 Å². The predicted octanol–water partition coefficient (Wildman–Crippen LogP) is 3.36. The second-order valence-corrected chi connectivity index (χ2v) is 12.0. The highest BCUT2D eigenvalue weighted by Gasteiger charge is 2.42. The normalized spacial score (nSPS) is 25.4. The van der Waals surface area contributed by atoms with Crippen molar-refractivity contribution in [2.24, 2.45) is 5.41 Å². The third-order valence-electron chi connectivity index (χ3n) is 8.41. The van der Waals surface area contributed by atoms with Crippen LogP contribution in [0.3, 0.4) is 0 Å². The van der Waals surface area contributed by atoms with E-state index in [1.807, 2.05) is 24.7 Å². The molecule has 194 valence electrons. The summed E-state index contributed by atoms with van der Waals surface area (Å²) < 4.78 is 11.6. The Kier molecular flexibility index (Phi) is 6.03. The Labute approximate surface area is 220 Å². The van der Waals surface area contributed by atoms with E-state index in [1.54, 1.807) is 6.20 Å². The molecule has 0 aromatic carbocycles. The monoisotopic (exact) mass is 520 g/mol. The minimum absolute atomic E-state index is 0.169. The first kappa shape index (κ1) is 23.4. The van der Waals surface area contributed by atoms with E-state index >= 15 is 0 Å². The van der Waals surface area contributed by atoms with E-state index in [0.717, 1.165) is 79.8 Å². The molecule has 1 N–H and O–H groups in total. The van der Waals surface area contributed by atoms with Crippen molar-refractivity contribution >= 4 is 22.4 Å². The summed E-state index contributed by atoms with van der Waals surface area (Å²) in [6.07, 6.45) is 13.2. The molecule has 1 saturated carbocycles. The number of hydrogen-bond acceptors (Lipinski definition) is 11. The Bertz CT molecular complexity index is 1240. The maximum Gasteiger partial charge on any atom is 0.317 e. The molecule has 4 fully saturated rings. The fraction of sp³-hybridized carbons (Fsp3) is 0.577. The second-order valence-electron chi connectivity index (χ2n) is 11.0. The molecule has 2 atom stereocenters. The molecule has 1 aliphatic carbocycles. The van der Waals surface area contributed by atoms with Gasteiger partial charge in [0.2, 0.25) is 5.95 Å². The first-order valence-electron chi connectivity index (χ1n) is 13.2. The number of nitrogens with zero attached hydrogens (tertiary/aromatic N) is 7. The van der Waals surface area contributed by atoms with E-state index in [4.69, 9.17) is 9.47 Å². The van der Waals surface area contributed by atoms with Gasteiger partial charge in [-0.15, -0.1) is 0 Å². The molecule has 3 aromatic rings. The maximum absolute atomic E-state index is 6.14. The van der Waals surface area contributed by atoms with Gasteiger partial charge >= 0.3 is 6.01 Å². The second kappa shape index (κ2) is 9.54. The molecule has 10 nitrogen and oxygen atoms in total. The molecular formula is C26H32N8O2S. The zero-order valence-corrected chi connectivity index (χ0v) is 21.9. The largest absolute Gasteiger partial charge is 0.460 e. The van der Waals surface area contributed by atoms with Gasteiger partial charge in [0.15, 0.2) is 5.13 Å². The zero-order chi connectivity index (χ0) is 24.8. The van der Waals surface area contributed by atoms with Gasteiger partial charge in [0.1, 0.15) is 6.10 Å². The standard InChI is InChI=1S/C26H32N8O2S/c1-33-13-19-8-18(33)14-34(19)12-17-9-28-23(29-10-17)32-25-30-11-22(37-25)21-4-7-27-24(31-21)36-20-2-5-26(6-3-20)15-35-16-26/h4,7,9-11,18-20H,2-3,5-6,8,12-16H2,1H3,(H,28,29,30,32)/t18-,19-/m1/s1. The van der Waals surface area contributed by atoms with Crippen LogP contribution in [0.15, 0.2) is 30.9 Å². The summed E-state index contributed by atoms with van der Waals surface area (Å²) in [5.74, 6) is 0.547. The molecule has 0 radical (unpaired) electrons. The number of hydrogen-bond donors (Lipinski definition) is 1. The van der Waals surface area contributed by atoms with Crippen LogP contribution in [-0.4, -0.2) is 86.3 Å². The van der Waals surface area contributed by atoms with E-state index in [0.29, 0.717) is 29.5 Å². The lowest BCUT2D eigenvalue weighted by Gasteiger charge is -2.45. The number of piperazine rings is 1. The first-order valence-corrected chi connectivity index (χ1v) is 14.0. The number of thiazole rings is 1. The number of nitrogens with one attached hydrogen (secondary N) is 1. The van der Waals surface area contributed by atoms with Crippen molar-refractivity contribution < 1.29 is 9.47 Å². The third-order valence-corrected chi connectivity index (χ3v) is 9.35. The average Bonchev–Trinajstić information content (AvgIpc) is 3.61. The molecule has 1 spiro atoms. The number of ether oxygens (including phenoxy) is 2. The van der Waals surface area contributed by atoms with E-state index < -0.39 is 0 Å². The Hall–Kier alpha value is -2.73. The lowest BCUT2D eigenvalue weighted by molar-refractivity contribution is -0.140. The minimum atomic E-state index is 0.169. The number of fused-ring (bicyclic) bond motifs is 2. The highest BCUT2D eigenvalue weighted by molar-refractivity contribution is 7.18. The van der Waals surface area contributed by atoms with E-state index in [9.17, 15) is 0 Å². The Balaban J connectivity index is 0.949. The number of likely N-dealkylation sites (N-methyl/N-ethyl adjacent to an activating group) is 1. The van der Waals surface area contributed by atoms with Crippen molar-refractivity contribution in [1.82, 2.24) is 34.7 Å². The Morgan fingerprint density at radius 3 is 2.62 bits per heavy atom. The van der Waals surface area contributed by atoms with Crippen LogP contribution in [0, 0.1) is 5.41 Å². The van der Waals surface area contributed by atoms with Gasteiger partial charge in [-0.05, 0) is 45.2 Å². The third kappa shape index (κ3) is 4.81. The van der Waals surface area contributed by atoms with E-state index in [-0.39, 0.29) is 6.10 Å². The van der Waals surface area contributed by atoms with Gasteiger partial charge in [0.05, 0.1) is 23.8 Å². The number of aromatic nitrogens is 5. The van der Waals surface area contributed by atoms with Gasteiger partial charge in [0.25, 0.3) is 0 Å². The molecule has 4 aliphatic rings. The highest BCUT2D eigenvalue weighted by Crippen LogP contribution is 2.43. The van der Waals surface area contributed by atoms with Gasteiger partial charge in [-0.3, -0.25) is 4.90 Å². The van der Waals surface area contributed by atoms with Crippen molar-refractivity contribution in [2.45, 2.75) is 56.8 Å². The van der Waals surface area contributed by atoms with Crippen molar-refractivity contribution in [3.63, 3.8) is 0 Å². The van der Waals surface area contributed by atoms with Crippen LogP contribution in [0.2, 0.25) is 0 Å². The first-order chi connectivity index (χ1) is 18.1. The lowest BCUT2D eigenvalue weighted by atomic mass is 9.72. The van der Waals surface area contributed by atoms with Crippen LogP contribution in [0.5, 0.6) is 6.01 Å². The average molecular weight is 521 g/mol. The summed E-state index contributed by atoms with van der Waals surface area (Å²) in [5.41, 5.74) is 2.35. The predicted molar refractivity (Wildman–Crippen MR) is 140 cm³/mol. The van der Waals surface area contributed by atoms with Gasteiger partial charge < -0.3 is 19.7 Å². The number of anilines is 2. The van der Waals surface area contributed by atoms with Crippen LogP contribution >= 0.6 is 11.3 Å². The van der Waals surface area contributed by atoms with Gasteiger partial charge in [0, 0.05) is 67.5 Å². The Morgan fingerprint density at radius 2 is 1.92 bits per heavy atom. The van der Waals surface area contributed by atoms with Gasteiger partial charge in [-0.2, -0.15) is 4.98 Å². The molecule has 0 amide bonds. The van der Waals surface area contributed by atoms with E-state index in [2.05, 4.69) is 47.1 Å². The van der Waals surface area contributed by atoms with Crippen molar-refractivity contribution in [3.8, 4) is 16.6 Å². The minimum Gasteiger partial charge on any atom is -0.460 e. The summed E-state index contributed by atoms with van der Waals surface area (Å²) in [5, 5.41) is 3.95. The smallest absolute Gasteiger partial charge is 0.317 e. The summed E-state index contributed by atoms with van der Waals surface area (Å²) in [7, 11) is 2.23. The van der Waals surface area contributed by atoms with Crippen molar-refractivity contribution in [1.29, 1.82) is 0 Å². The SMILES string of the molecule is CN1C[C@H]2C[C@@H]1CN2Cc1cnc(Nc2ncc(-c3ccnc(OC4CCC5(CC4)COC5)n3)s2)nc1. The Morgan fingerprint density at radius 1 is 1.08 bits per heavy atom. The van der Waals surface area contributed by atoms with Crippen LogP contribution in [-0.2, 0) is 11.3 Å². The van der Waals surface area contributed by atoms with Crippen LogP contribution in [0.4, 0.5) is 11.1 Å². The molecule has 37 heavy (non-hydrogen) atoms. The summed E-state index contributed by atoms with van der Waals surface area (Å²) in [6.45, 7) is 5.01. The number of rotatable bonds is 7. The van der Waals surface area contributed by atoms with Gasteiger partial charge in [-0.1, -0.05) is 11.3 Å². The van der Waals surface area contributed by atoms with Crippen LogP contribution < -0.4 is 10.1 Å². The summed E-state index contributed by atoms with van der Waals surface area (Å²) >= 11 is 1.51. The molecule has 7 rings (SSSR count). The topological polar surface area (TPSA) is 101 Å². The molecular weight excluding hydrogens is 488 g/mol.